The van der Waals surface area contributed by atoms with Gasteiger partial charge >= 0.3 is 12.0 Å². The first-order valence-electron chi connectivity index (χ1n) is 8.72. The van der Waals surface area contributed by atoms with Gasteiger partial charge in [-0.3, -0.25) is 15.0 Å². The number of nitrogens with zero attached hydrogens (tertiary/aromatic N) is 1. The van der Waals surface area contributed by atoms with Gasteiger partial charge in [-0.15, -0.1) is 0 Å². The number of hydrazine groups is 1. The highest BCUT2D eigenvalue weighted by Gasteiger charge is 2.49. The van der Waals surface area contributed by atoms with Gasteiger partial charge < -0.3 is 15.4 Å². The largest absolute Gasteiger partial charge is 0.469 e. The van der Waals surface area contributed by atoms with Crippen molar-refractivity contribution in [3.8, 4) is 0 Å². The van der Waals surface area contributed by atoms with Crippen molar-refractivity contribution >= 4 is 35.2 Å². The van der Waals surface area contributed by atoms with Crippen LogP contribution in [0.25, 0.3) is 0 Å². The van der Waals surface area contributed by atoms with Gasteiger partial charge in [0.25, 0.3) is 5.91 Å². The fraction of sp³-hybridized carbons (Fsp3) is 0.444. The first-order chi connectivity index (χ1) is 12.9. The summed E-state index contributed by atoms with van der Waals surface area (Å²) in [6, 6.07) is 8.46. The molecule has 27 heavy (non-hydrogen) atoms. The molecule has 1 aromatic carbocycles. The van der Waals surface area contributed by atoms with Crippen molar-refractivity contribution in [3.05, 3.63) is 35.9 Å². The molecule has 0 radical (unpaired) electrons. The minimum atomic E-state index is -1.14. The number of benzene rings is 1. The molecule has 1 atom stereocenters. The number of imide groups is 1. The number of hydrogen-bond donors (Lipinski definition) is 3. The van der Waals surface area contributed by atoms with Crippen molar-refractivity contribution in [1.82, 2.24) is 21.1 Å². The van der Waals surface area contributed by atoms with Gasteiger partial charge in [-0.1, -0.05) is 36.8 Å². The molecule has 1 heterocycles. The van der Waals surface area contributed by atoms with Gasteiger partial charge in [-0.25, -0.2) is 4.79 Å². The van der Waals surface area contributed by atoms with Crippen LogP contribution in [-0.4, -0.2) is 41.7 Å². The molecule has 2 rings (SSSR count). The molecule has 1 aliphatic heterocycles. The maximum Gasteiger partial charge on any atom is 0.344 e. The standard InChI is InChI=1S/C18H24N4O4S/c1-18(13-9-5-3-6-10-13)15(24)22(17(25)20-18)21-16(27)19-12-8-4-7-11-14(23)26-2/h3,5-6,9-10H,4,7-8,11-12H2,1-2H3,(H,20,25)(H2,19,21,27)/t18-/m1/s1. The minimum Gasteiger partial charge on any atom is -0.469 e. The van der Waals surface area contributed by atoms with E-state index in [1.54, 1.807) is 19.1 Å². The molecule has 3 amide bonds. The topological polar surface area (TPSA) is 99.8 Å². The highest BCUT2D eigenvalue weighted by Crippen LogP contribution is 2.27. The summed E-state index contributed by atoms with van der Waals surface area (Å²) < 4.78 is 4.58. The number of hydrogen-bond acceptors (Lipinski definition) is 5. The summed E-state index contributed by atoms with van der Waals surface area (Å²) in [5.41, 5.74) is 2.19. The Hall–Kier alpha value is -2.68. The smallest absolute Gasteiger partial charge is 0.344 e. The molecule has 0 aliphatic carbocycles. The summed E-state index contributed by atoms with van der Waals surface area (Å²) in [7, 11) is 1.37. The molecule has 0 aromatic heterocycles. The second-order valence-corrected chi connectivity index (χ2v) is 6.72. The van der Waals surface area contributed by atoms with Crippen LogP contribution in [0, 0.1) is 0 Å². The number of carbonyl (C=O) groups excluding carboxylic acids is 3. The Balaban J connectivity index is 1.80. The molecule has 1 aliphatic rings. The molecule has 1 saturated heterocycles. The molecule has 1 aromatic rings. The highest BCUT2D eigenvalue weighted by atomic mass is 32.1. The molecule has 0 spiro atoms. The number of urea groups is 1. The third-order valence-electron chi connectivity index (χ3n) is 4.33. The van der Waals surface area contributed by atoms with Gasteiger partial charge in [-0.2, -0.15) is 5.01 Å². The van der Waals surface area contributed by atoms with Crippen LogP contribution < -0.4 is 16.1 Å². The maximum absolute atomic E-state index is 12.7. The van der Waals surface area contributed by atoms with E-state index in [0.29, 0.717) is 18.5 Å². The number of amides is 3. The van der Waals surface area contributed by atoms with Crippen LogP contribution in [-0.2, 0) is 19.9 Å². The van der Waals surface area contributed by atoms with E-state index in [2.05, 4.69) is 20.8 Å². The fourth-order valence-electron chi connectivity index (χ4n) is 2.72. The van der Waals surface area contributed by atoms with Crippen LogP contribution in [0.15, 0.2) is 30.3 Å². The molecular formula is C18H24N4O4S. The molecule has 0 unspecified atom stereocenters. The highest BCUT2D eigenvalue weighted by molar-refractivity contribution is 7.80. The number of unbranched alkanes of at least 4 members (excludes halogenated alkanes) is 2. The van der Waals surface area contributed by atoms with E-state index in [1.165, 1.54) is 7.11 Å². The van der Waals surface area contributed by atoms with Gasteiger partial charge in [0.2, 0.25) is 0 Å². The van der Waals surface area contributed by atoms with Crippen molar-refractivity contribution in [2.75, 3.05) is 13.7 Å². The monoisotopic (exact) mass is 392 g/mol. The Bertz CT molecular complexity index is 713. The van der Waals surface area contributed by atoms with Crippen molar-refractivity contribution in [2.24, 2.45) is 0 Å². The van der Waals surface area contributed by atoms with Crippen molar-refractivity contribution in [1.29, 1.82) is 0 Å². The van der Waals surface area contributed by atoms with Gasteiger partial charge in [-0.05, 0) is 37.5 Å². The second-order valence-electron chi connectivity index (χ2n) is 6.32. The number of methoxy groups -OCH3 is 1. The van der Waals surface area contributed by atoms with E-state index >= 15 is 0 Å². The van der Waals surface area contributed by atoms with Crippen LogP contribution in [0.5, 0.6) is 0 Å². The molecule has 146 valence electrons. The predicted octanol–water partition coefficient (Wildman–Crippen LogP) is 1.57. The average molecular weight is 392 g/mol. The molecule has 3 N–H and O–H groups in total. The van der Waals surface area contributed by atoms with E-state index in [-0.39, 0.29) is 11.1 Å². The SMILES string of the molecule is COC(=O)CCCCCNC(=S)NN1C(=O)N[C@](C)(c2ccccc2)C1=O. The number of rotatable bonds is 8. The van der Waals surface area contributed by atoms with Crippen molar-refractivity contribution in [3.63, 3.8) is 0 Å². The van der Waals surface area contributed by atoms with E-state index in [1.807, 2.05) is 18.2 Å². The molecule has 9 heteroatoms. The van der Waals surface area contributed by atoms with Crippen molar-refractivity contribution < 1.29 is 19.1 Å². The number of esters is 1. The zero-order valence-corrected chi connectivity index (χ0v) is 16.2. The second kappa shape index (κ2) is 9.31. The van der Waals surface area contributed by atoms with E-state index in [9.17, 15) is 14.4 Å². The minimum absolute atomic E-state index is 0.184. The quantitative estimate of drug-likeness (QED) is 0.267. The Morgan fingerprint density at radius 3 is 2.59 bits per heavy atom. The van der Waals surface area contributed by atoms with E-state index < -0.39 is 17.5 Å². The molecule has 1 fully saturated rings. The zero-order valence-electron chi connectivity index (χ0n) is 15.4. The maximum atomic E-state index is 12.7. The summed E-state index contributed by atoms with van der Waals surface area (Å²) in [6.45, 7) is 2.22. The third kappa shape index (κ3) is 5.16. The summed E-state index contributed by atoms with van der Waals surface area (Å²) in [5, 5.41) is 6.72. The Kier molecular flexibility index (Phi) is 7.12. The predicted molar refractivity (Wildman–Crippen MR) is 103 cm³/mol. The van der Waals surface area contributed by atoms with Gasteiger partial charge in [0.05, 0.1) is 7.11 Å². The summed E-state index contributed by atoms with van der Waals surface area (Å²) >= 11 is 5.16. The van der Waals surface area contributed by atoms with Gasteiger partial charge in [0, 0.05) is 13.0 Å². The van der Waals surface area contributed by atoms with Crippen LogP contribution in [0.4, 0.5) is 4.79 Å². The van der Waals surface area contributed by atoms with E-state index in [4.69, 9.17) is 12.2 Å². The Labute approximate surface area is 163 Å². The number of thiocarbonyl (C=S) groups is 1. The summed E-state index contributed by atoms with van der Waals surface area (Å²) in [6.07, 6.45) is 2.75. The van der Waals surface area contributed by atoms with Gasteiger partial charge in [0.15, 0.2) is 5.11 Å². The lowest BCUT2D eigenvalue weighted by atomic mass is 9.92. The lowest BCUT2D eigenvalue weighted by Gasteiger charge is -2.22. The van der Waals surface area contributed by atoms with Crippen molar-refractivity contribution in [2.45, 2.75) is 38.1 Å². The van der Waals surface area contributed by atoms with Crippen LogP contribution >= 0.6 is 12.2 Å². The number of nitrogens with one attached hydrogen (secondary N) is 3. The lowest BCUT2D eigenvalue weighted by molar-refractivity contribution is -0.140. The molecule has 8 nitrogen and oxygen atoms in total. The number of carbonyl (C=O) groups is 3. The lowest BCUT2D eigenvalue weighted by Crippen LogP contribution is -2.51. The summed E-state index contributed by atoms with van der Waals surface area (Å²) in [5.74, 6) is -0.652. The van der Waals surface area contributed by atoms with Crippen LogP contribution in [0.2, 0.25) is 0 Å². The fourth-order valence-corrected chi connectivity index (χ4v) is 2.92. The first-order valence-corrected chi connectivity index (χ1v) is 9.13. The van der Waals surface area contributed by atoms with Crippen LogP contribution in [0.1, 0.15) is 38.2 Å². The normalized spacial score (nSPS) is 18.8. The Morgan fingerprint density at radius 2 is 1.93 bits per heavy atom. The number of ether oxygens (including phenoxy) is 1. The molecule has 0 bridgehead atoms. The third-order valence-corrected chi connectivity index (χ3v) is 4.56. The van der Waals surface area contributed by atoms with E-state index in [0.717, 1.165) is 24.3 Å². The zero-order chi connectivity index (χ0) is 19.9. The molecule has 0 saturated carbocycles. The average Bonchev–Trinajstić information content (AvgIpc) is 2.89. The summed E-state index contributed by atoms with van der Waals surface area (Å²) in [4.78, 5) is 36.0. The first kappa shape index (κ1) is 20.6. The van der Waals surface area contributed by atoms with Gasteiger partial charge in [0.1, 0.15) is 5.54 Å². The molecular weight excluding hydrogens is 368 g/mol. The Morgan fingerprint density at radius 1 is 1.22 bits per heavy atom. The van der Waals surface area contributed by atoms with Crippen LogP contribution in [0.3, 0.4) is 0 Å².